The Balaban J connectivity index is 2.63. The van der Waals surface area contributed by atoms with Gasteiger partial charge >= 0.3 is 5.97 Å². The van der Waals surface area contributed by atoms with Crippen molar-refractivity contribution in [3.63, 3.8) is 0 Å². The molecule has 0 aromatic rings. The molecule has 0 aromatic heterocycles. The maximum absolute atomic E-state index is 11.9. The van der Waals surface area contributed by atoms with Gasteiger partial charge < -0.3 is 15.4 Å². The predicted molar refractivity (Wildman–Crippen MR) is 64.3 cm³/mol. The van der Waals surface area contributed by atoms with Crippen LogP contribution in [0.15, 0.2) is 0 Å². The molecule has 2 N–H and O–H groups in total. The van der Waals surface area contributed by atoms with Crippen molar-refractivity contribution in [3.8, 4) is 0 Å². The van der Waals surface area contributed by atoms with Crippen LogP contribution in [0.4, 0.5) is 0 Å². The third-order valence-corrected chi connectivity index (χ3v) is 2.61. The molecule has 5 nitrogen and oxygen atoms in total. The first-order valence-electron chi connectivity index (χ1n) is 6.07. The van der Waals surface area contributed by atoms with Crippen molar-refractivity contribution in [1.82, 2.24) is 4.90 Å². The van der Waals surface area contributed by atoms with Crippen molar-refractivity contribution in [2.45, 2.75) is 51.7 Å². The van der Waals surface area contributed by atoms with Crippen molar-refractivity contribution in [2.24, 2.45) is 5.73 Å². The van der Waals surface area contributed by atoms with E-state index in [1.807, 2.05) is 20.8 Å². The second-order valence-electron chi connectivity index (χ2n) is 5.32. The van der Waals surface area contributed by atoms with Crippen LogP contribution in [-0.4, -0.2) is 41.5 Å². The number of nitrogens with zero attached hydrogens (tertiary/aromatic N) is 1. The first-order valence-corrected chi connectivity index (χ1v) is 6.07. The molecule has 0 unspecified atom stereocenters. The van der Waals surface area contributed by atoms with Gasteiger partial charge in [0.1, 0.15) is 11.6 Å². The van der Waals surface area contributed by atoms with Crippen LogP contribution in [0.2, 0.25) is 0 Å². The Morgan fingerprint density at radius 2 is 2.06 bits per heavy atom. The number of hydrogen-bond acceptors (Lipinski definition) is 4. The number of likely N-dealkylation sites (tertiary alicyclic amines) is 1. The zero-order chi connectivity index (χ0) is 13.1. The zero-order valence-corrected chi connectivity index (χ0v) is 10.9. The topological polar surface area (TPSA) is 72.6 Å². The Kier molecular flexibility index (Phi) is 4.51. The fraction of sp³-hybridized carbons (Fsp3) is 0.833. The van der Waals surface area contributed by atoms with Gasteiger partial charge in [0.15, 0.2) is 0 Å². The summed E-state index contributed by atoms with van der Waals surface area (Å²) in [6.07, 6.45) is 1.82. The van der Waals surface area contributed by atoms with Crippen LogP contribution in [0, 0.1) is 0 Å². The van der Waals surface area contributed by atoms with Gasteiger partial charge in [-0.25, -0.2) is 4.79 Å². The van der Waals surface area contributed by atoms with Crippen LogP contribution < -0.4 is 5.73 Å². The average molecular weight is 242 g/mol. The highest BCUT2D eigenvalue weighted by molar-refractivity contribution is 5.85. The van der Waals surface area contributed by atoms with Gasteiger partial charge in [-0.1, -0.05) is 0 Å². The quantitative estimate of drug-likeness (QED) is 0.738. The molecule has 1 amide bonds. The van der Waals surface area contributed by atoms with Crippen molar-refractivity contribution in [3.05, 3.63) is 0 Å². The number of amides is 1. The molecule has 0 bridgehead atoms. The van der Waals surface area contributed by atoms with E-state index in [9.17, 15) is 9.59 Å². The molecule has 0 aliphatic carbocycles. The van der Waals surface area contributed by atoms with Crippen molar-refractivity contribution in [1.29, 1.82) is 0 Å². The summed E-state index contributed by atoms with van der Waals surface area (Å²) in [4.78, 5) is 25.3. The smallest absolute Gasteiger partial charge is 0.329 e. The van der Waals surface area contributed by atoms with Crippen LogP contribution in [-0.2, 0) is 14.3 Å². The molecule has 0 aromatic carbocycles. The number of hydrogen-bond donors (Lipinski definition) is 1. The minimum Gasteiger partial charge on any atom is -0.458 e. The van der Waals surface area contributed by atoms with Gasteiger partial charge in [-0.15, -0.1) is 0 Å². The molecule has 98 valence electrons. The van der Waals surface area contributed by atoms with Crippen LogP contribution >= 0.6 is 0 Å². The lowest BCUT2D eigenvalue weighted by Crippen LogP contribution is -2.44. The van der Waals surface area contributed by atoms with E-state index in [1.54, 1.807) is 4.90 Å². The maximum Gasteiger partial charge on any atom is 0.329 e. The molecule has 5 heteroatoms. The summed E-state index contributed by atoms with van der Waals surface area (Å²) in [5.41, 5.74) is 4.85. The SMILES string of the molecule is CC(C)(C)OC(=O)[C@@H]1CCCN1C(=O)CCN. The number of nitrogens with two attached hydrogens (primary N) is 1. The first-order chi connectivity index (χ1) is 7.85. The van der Waals surface area contributed by atoms with E-state index in [1.165, 1.54) is 0 Å². The van der Waals surface area contributed by atoms with Gasteiger partial charge in [-0.2, -0.15) is 0 Å². The van der Waals surface area contributed by atoms with E-state index in [2.05, 4.69) is 0 Å². The summed E-state index contributed by atoms with van der Waals surface area (Å²) in [7, 11) is 0. The van der Waals surface area contributed by atoms with Gasteiger partial charge in [0.05, 0.1) is 0 Å². The molecule has 1 aliphatic heterocycles. The monoisotopic (exact) mass is 242 g/mol. The van der Waals surface area contributed by atoms with E-state index in [0.29, 0.717) is 25.9 Å². The predicted octanol–water partition coefficient (Wildman–Crippen LogP) is 0.668. The number of carbonyl (C=O) groups is 2. The maximum atomic E-state index is 11.9. The fourth-order valence-electron chi connectivity index (χ4n) is 1.95. The fourth-order valence-corrected chi connectivity index (χ4v) is 1.95. The molecule has 1 atom stereocenters. The second-order valence-corrected chi connectivity index (χ2v) is 5.32. The summed E-state index contributed by atoms with van der Waals surface area (Å²) in [6, 6.07) is -0.423. The normalized spacial score (nSPS) is 20.5. The van der Waals surface area contributed by atoms with Crippen LogP contribution in [0.3, 0.4) is 0 Å². The Bertz CT molecular complexity index is 297. The highest BCUT2D eigenvalue weighted by Crippen LogP contribution is 2.21. The van der Waals surface area contributed by atoms with Gasteiger partial charge in [0.25, 0.3) is 0 Å². The van der Waals surface area contributed by atoms with E-state index < -0.39 is 11.6 Å². The third-order valence-electron chi connectivity index (χ3n) is 2.61. The lowest BCUT2D eigenvalue weighted by molar-refractivity contribution is -0.163. The van der Waals surface area contributed by atoms with Gasteiger partial charge in [0.2, 0.25) is 5.91 Å². The second kappa shape index (κ2) is 5.49. The average Bonchev–Trinajstić information content (AvgIpc) is 2.63. The molecular weight excluding hydrogens is 220 g/mol. The molecule has 0 radical (unpaired) electrons. The van der Waals surface area contributed by atoms with E-state index >= 15 is 0 Å². The third kappa shape index (κ3) is 4.00. The first kappa shape index (κ1) is 14.0. The molecule has 1 fully saturated rings. The van der Waals surface area contributed by atoms with Crippen LogP contribution in [0.1, 0.15) is 40.0 Å². The summed E-state index contributed by atoms with van der Waals surface area (Å²) in [5, 5.41) is 0. The van der Waals surface area contributed by atoms with Gasteiger partial charge in [-0.3, -0.25) is 4.79 Å². The molecule has 0 spiro atoms. The number of carbonyl (C=O) groups excluding carboxylic acids is 2. The number of rotatable bonds is 3. The molecule has 1 rings (SSSR count). The van der Waals surface area contributed by atoms with E-state index in [0.717, 1.165) is 6.42 Å². The molecular formula is C12H22N2O3. The van der Waals surface area contributed by atoms with Gasteiger partial charge in [0, 0.05) is 19.5 Å². The van der Waals surface area contributed by atoms with Crippen LogP contribution in [0.5, 0.6) is 0 Å². The van der Waals surface area contributed by atoms with Crippen LogP contribution in [0.25, 0.3) is 0 Å². The Morgan fingerprint density at radius 1 is 1.41 bits per heavy atom. The minimum absolute atomic E-state index is 0.0548. The molecule has 17 heavy (non-hydrogen) atoms. The van der Waals surface area contributed by atoms with E-state index in [-0.39, 0.29) is 11.9 Å². The van der Waals surface area contributed by atoms with Gasteiger partial charge in [-0.05, 0) is 33.6 Å². The van der Waals surface area contributed by atoms with Crippen molar-refractivity contribution < 1.29 is 14.3 Å². The molecule has 1 aliphatic rings. The largest absolute Gasteiger partial charge is 0.458 e. The highest BCUT2D eigenvalue weighted by Gasteiger charge is 2.36. The summed E-state index contributed by atoms with van der Waals surface area (Å²) in [5.74, 6) is -0.360. The van der Waals surface area contributed by atoms with Crippen molar-refractivity contribution >= 4 is 11.9 Å². The number of esters is 1. The standard InChI is InChI=1S/C12H22N2O3/c1-12(2,3)17-11(16)9-5-4-8-14(9)10(15)6-7-13/h9H,4-8,13H2,1-3H3/t9-/m0/s1. The summed E-state index contributed by atoms with van der Waals surface area (Å²) >= 11 is 0. The Labute approximate surface area is 102 Å². The highest BCUT2D eigenvalue weighted by atomic mass is 16.6. The molecule has 1 saturated heterocycles. The van der Waals surface area contributed by atoms with E-state index in [4.69, 9.17) is 10.5 Å². The zero-order valence-electron chi connectivity index (χ0n) is 10.9. The summed E-state index contributed by atoms with van der Waals surface area (Å²) in [6.45, 7) is 6.42. The number of ether oxygens (including phenoxy) is 1. The lowest BCUT2D eigenvalue weighted by atomic mass is 10.1. The Morgan fingerprint density at radius 3 is 2.59 bits per heavy atom. The Hall–Kier alpha value is -1.10. The molecule has 1 heterocycles. The lowest BCUT2D eigenvalue weighted by Gasteiger charge is -2.27. The molecule has 0 saturated carbocycles. The minimum atomic E-state index is -0.512. The summed E-state index contributed by atoms with van der Waals surface area (Å²) < 4.78 is 5.32. The van der Waals surface area contributed by atoms with Crippen molar-refractivity contribution in [2.75, 3.05) is 13.1 Å².